The van der Waals surface area contributed by atoms with Gasteiger partial charge in [-0.25, -0.2) is 8.42 Å². The quantitative estimate of drug-likeness (QED) is 0.804. The molecule has 1 aromatic rings. The van der Waals surface area contributed by atoms with Gasteiger partial charge >= 0.3 is 0 Å². The van der Waals surface area contributed by atoms with Crippen molar-refractivity contribution in [1.29, 1.82) is 0 Å². The van der Waals surface area contributed by atoms with Gasteiger partial charge in [-0.2, -0.15) is 0 Å². The van der Waals surface area contributed by atoms with Crippen molar-refractivity contribution in [3.8, 4) is 5.75 Å². The van der Waals surface area contributed by atoms with Crippen molar-refractivity contribution in [1.82, 2.24) is 9.80 Å². The molecule has 1 aromatic carbocycles. The zero-order valence-corrected chi connectivity index (χ0v) is 14.7. The number of likely N-dealkylation sites (tertiary alicyclic amines) is 1. The van der Waals surface area contributed by atoms with Crippen molar-refractivity contribution in [2.24, 2.45) is 0 Å². The molecule has 0 N–H and O–H groups in total. The Balaban J connectivity index is 1.61. The van der Waals surface area contributed by atoms with Crippen LogP contribution in [-0.4, -0.2) is 74.5 Å². The fourth-order valence-electron chi connectivity index (χ4n) is 3.58. The number of nitrogens with zero attached hydrogens (tertiary/aromatic N) is 2. The molecule has 7 heteroatoms. The first-order chi connectivity index (χ1) is 11.5. The lowest BCUT2D eigenvalue weighted by Crippen LogP contribution is -2.52. The van der Waals surface area contributed by atoms with Gasteiger partial charge in [0, 0.05) is 25.7 Å². The van der Waals surface area contributed by atoms with Gasteiger partial charge in [-0.05, 0) is 32.0 Å². The minimum Gasteiger partial charge on any atom is -0.484 e. The second-order valence-electron chi connectivity index (χ2n) is 6.51. The van der Waals surface area contributed by atoms with Crippen LogP contribution in [0.3, 0.4) is 0 Å². The number of para-hydroxylation sites is 1. The predicted octanol–water partition coefficient (Wildman–Crippen LogP) is 0.785. The van der Waals surface area contributed by atoms with E-state index in [-0.39, 0.29) is 29.6 Å². The average Bonchev–Trinajstić information content (AvgIpc) is 2.82. The molecular weight excluding hydrogens is 328 g/mol. The molecule has 2 saturated heterocycles. The largest absolute Gasteiger partial charge is 0.484 e. The Kier molecular flexibility index (Phi) is 5.10. The molecule has 0 aliphatic carbocycles. The van der Waals surface area contributed by atoms with Crippen molar-refractivity contribution in [3.05, 3.63) is 30.3 Å². The van der Waals surface area contributed by atoms with Gasteiger partial charge in [0.1, 0.15) is 5.75 Å². The zero-order valence-electron chi connectivity index (χ0n) is 13.9. The summed E-state index contributed by atoms with van der Waals surface area (Å²) in [5.74, 6) is 0.796. The Morgan fingerprint density at radius 2 is 1.88 bits per heavy atom. The normalized spacial score (nSPS) is 27.1. The summed E-state index contributed by atoms with van der Waals surface area (Å²) in [6.07, 6.45) is 1.20. The summed E-state index contributed by atoms with van der Waals surface area (Å²) < 4.78 is 30.2. The molecule has 3 rings (SSSR count). The molecule has 0 spiro atoms. The molecule has 0 aromatic heterocycles. The number of hydrogen-bond acceptors (Lipinski definition) is 5. The molecule has 0 bridgehead atoms. The van der Waals surface area contributed by atoms with Crippen LogP contribution in [0.15, 0.2) is 30.3 Å². The van der Waals surface area contributed by atoms with Crippen molar-refractivity contribution in [3.63, 3.8) is 0 Å². The molecular formula is C17H24N2O4S. The van der Waals surface area contributed by atoms with Crippen molar-refractivity contribution >= 4 is 15.7 Å². The lowest BCUT2D eigenvalue weighted by Gasteiger charge is -2.37. The highest BCUT2D eigenvalue weighted by molar-refractivity contribution is 7.92. The highest BCUT2D eigenvalue weighted by Gasteiger charge is 2.41. The summed E-state index contributed by atoms with van der Waals surface area (Å²) >= 11 is 0. The number of rotatable bonds is 3. The van der Waals surface area contributed by atoms with E-state index in [9.17, 15) is 13.2 Å². The molecule has 2 atom stereocenters. The number of carbonyl (C=O) groups is 1. The van der Waals surface area contributed by atoms with Crippen LogP contribution in [0.4, 0.5) is 0 Å². The van der Waals surface area contributed by atoms with Gasteiger partial charge in [0.15, 0.2) is 16.4 Å². The molecule has 132 valence electrons. The van der Waals surface area contributed by atoms with Crippen LogP contribution in [0, 0.1) is 0 Å². The number of sulfone groups is 1. The lowest BCUT2D eigenvalue weighted by molar-refractivity contribution is -0.133. The monoisotopic (exact) mass is 352 g/mol. The Bertz CT molecular complexity index is 677. The second-order valence-corrected chi connectivity index (χ2v) is 8.85. The van der Waals surface area contributed by atoms with Gasteiger partial charge in [0.2, 0.25) is 0 Å². The third-order valence-corrected chi connectivity index (χ3v) is 7.25. The number of ether oxygens (including phenoxy) is 1. The van der Waals surface area contributed by atoms with E-state index in [0.717, 1.165) is 0 Å². The Morgan fingerprint density at radius 1 is 1.17 bits per heavy atom. The fourth-order valence-corrected chi connectivity index (χ4v) is 5.71. The molecule has 0 unspecified atom stereocenters. The maximum atomic E-state index is 12.4. The van der Waals surface area contributed by atoms with Crippen molar-refractivity contribution in [2.45, 2.75) is 24.1 Å². The Labute approximate surface area is 143 Å². The first-order valence-corrected chi connectivity index (χ1v) is 10.1. The maximum absolute atomic E-state index is 12.4. The van der Waals surface area contributed by atoms with E-state index in [2.05, 4.69) is 4.90 Å². The molecule has 0 saturated carbocycles. The molecule has 0 radical (unpaired) electrons. The minimum atomic E-state index is -3.06. The summed E-state index contributed by atoms with van der Waals surface area (Å²) in [6.45, 7) is 1.62. The molecule has 24 heavy (non-hydrogen) atoms. The highest BCUT2D eigenvalue weighted by Crippen LogP contribution is 2.27. The Morgan fingerprint density at radius 3 is 2.62 bits per heavy atom. The van der Waals surface area contributed by atoms with Crippen molar-refractivity contribution < 1.29 is 17.9 Å². The summed E-state index contributed by atoms with van der Waals surface area (Å²) in [5, 5.41) is -0.357. The molecule has 6 nitrogen and oxygen atoms in total. The SMILES string of the molecule is CN1CCS(=O)(=O)[C@@H]2CCN(C(=O)COc3ccccc3)CC[C@@H]21. The van der Waals surface area contributed by atoms with Gasteiger partial charge in [0.25, 0.3) is 5.91 Å². The summed E-state index contributed by atoms with van der Waals surface area (Å²) in [4.78, 5) is 16.3. The van der Waals surface area contributed by atoms with Gasteiger partial charge < -0.3 is 14.5 Å². The number of amides is 1. The van der Waals surface area contributed by atoms with Crippen LogP contribution in [0.2, 0.25) is 0 Å². The Hall–Kier alpha value is -1.60. The first-order valence-electron chi connectivity index (χ1n) is 8.35. The smallest absolute Gasteiger partial charge is 0.260 e. The number of carbonyl (C=O) groups excluding carboxylic acids is 1. The molecule has 2 aliphatic rings. The van der Waals surface area contributed by atoms with Crippen LogP contribution in [0.5, 0.6) is 5.75 Å². The molecule has 2 fully saturated rings. The van der Waals surface area contributed by atoms with Crippen molar-refractivity contribution in [2.75, 3.05) is 39.0 Å². The van der Waals surface area contributed by atoms with E-state index in [1.54, 1.807) is 4.90 Å². The maximum Gasteiger partial charge on any atom is 0.260 e. The van der Waals surface area contributed by atoms with E-state index in [0.29, 0.717) is 38.2 Å². The number of benzene rings is 1. The second kappa shape index (κ2) is 7.11. The van der Waals surface area contributed by atoms with Gasteiger partial charge in [-0.3, -0.25) is 4.79 Å². The third kappa shape index (κ3) is 3.72. The summed E-state index contributed by atoms with van der Waals surface area (Å²) in [7, 11) is -1.08. The number of fused-ring (bicyclic) bond motifs is 1. The highest BCUT2D eigenvalue weighted by atomic mass is 32.2. The lowest BCUT2D eigenvalue weighted by atomic mass is 10.1. The molecule has 1 amide bonds. The topological polar surface area (TPSA) is 66.9 Å². The standard InChI is InChI=1S/C17H24N2O4S/c1-18-11-12-24(21,22)16-8-10-19(9-7-15(16)18)17(20)13-23-14-5-3-2-4-6-14/h2-6,15-16H,7-13H2,1H3/t15-,16+/m0/s1. The van der Waals surface area contributed by atoms with E-state index in [1.165, 1.54) is 0 Å². The van der Waals surface area contributed by atoms with E-state index in [4.69, 9.17) is 4.74 Å². The van der Waals surface area contributed by atoms with Gasteiger partial charge in [-0.15, -0.1) is 0 Å². The third-order valence-electron chi connectivity index (χ3n) is 5.02. The van der Waals surface area contributed by atoms with E-state index < -0.39 is 9.84 Å². The van der Waals surface area contributed by atoms with E-state index >= 15 is 0 Å². The fraction of sp³-hybridized carbons (Fsp3) is 0.588. The zero-order chi connectivity index (χ0) is 17.2. The van der Waals surface area contributed by atoms with Crippen LogP contribution in [0.25, 0.3) is 0 Å². The minimum absolute atomic E-state index is 0.0107. The van der Waals surface area contributed by atoms with E-state index in [1.807, 2.05) is 37.4 Å². The van der Waals surface area contributed by atoms with Crippen LogP contribution in [-0.2, 0) is 14.6 Å². The first kappa shape index (κ1) is 17.2. The van der Waals surface area contributed by atoms with Crippen LogP contribution < -0.4 is 4.74 Å². The van der Waals surface area contributed by atoms with Crippen LogP contribution >= 0.6 is 0 Å². The average molecular weight is 352 g/mol. The molecule has 2 heterocycles. The van der Waals surface area contributed by atoms with Gasteiger partial charge in [0.05, 0.1) is 11.0 Å². The number of hydrogen-bond donors (Lipinski definition) is 0. The predicted molar refractivity (Wildman–Crippen MR) is 91.7 cm³/mol. The van der Waals surface area contributed by atoms with Gasteiger partial charge in [-0.1, -0.05) is 18.2 Å². The molecule has 2 aliphatic heterocycles. The van der Waals surface area contributed by atoms with Crippen LogP contribution in [0.1, 0.15) is 12.8 Å². The summed E-state index contributed by atoms with van der Waals surface area (Å²) in [5.41, 5.74) is 0. The summed E-state index contributed by atoms with van der Waals surface area (Å²) in [6, 6.07) is 9.24.